The van der Waals surface area contributed by atoms with Crippen LogP contribution in [-0.2, 0) is 17.6 Å². The zero-order valence-corrected chi connectivity index (χ0v) is 18.9. The first kappa shape index (κ1) is 19.5. The molecule has 2 aliphatic rings. The minimum Gasteiger partial charge on any atom is -0.454 e. The molecule has 160 valence electrons. The summed E-state index contributed by atoms with van der Waals surface area (Å²) in [6, 6.07) is 13.8. The van der Waals surface area contributed by atoms with E-state index in [0.717, 1.165) is 45.2 Å². The fourth-order valence-corrected chi connectivity index (χ4v) is 6.60. The molecule has 4 aromatic rings. The summed E-state index contributed by atoms with van der Waals surface area (Å²) in [5, 5.41) is 5.02. The molecule has 2 aromatic carbocycles. The molecule has 0 saturated heterocycles. The molecule has 1 aliphatic carbocycles. The molecular formula is C25H20N2O3S2. The first-order valence-corrected chi connectivity index (χ1v) is 12.3. The van der Waals surface area contributed by atoms with Gasteiger partial charge in [-0.1, -0.05) is 18.2 Å². The van der Waals surface area contributed by atoms with Crippen molar-refractivity contribution in [2.24, 2.45) is 0 Å². The third-order valence-electron chi connectivity index (χ3n) is 5.74. The minimum absolute atomic E-state index is 0.149. The Morgan fingerprint density at radius 3 is 2.84 bits per heavy atom. The Hall–Kier alpha value is -3.16. The third-order valence-corrected chi connectivity index (χ3v) is 8.00. The van der Waals surface area contributed by atoms with Crippen molar-refractivity contribution in [3.05, 3.63) is 64.5 Å². The molecule has 0 fully saturated rings. The van der Waals surface area contributed by atoms with E-state index in [-0.39, 0.29) is 12.7 Å². The Morgan fingerprint density at radius 2 is 1.91 bits per heavy atom. The van der Waals surface area contributed by atoms with Crippen LogP contribution in [0.2, 0.25) is 0 Å². The van der Waals surface area contributed by atoms with Crippen molar-refractivity contribution in [3.8, 4) is 22.1 Å². The van der Waals surface area contributed by atoms with Gasteiger partial charge in [0.25, 0.3) is 0 Å². The van der Waals surface area contributed by atoms with Crippen LogP contribution in [0.3, 0.4) is 0 Å². The van der Waals surface area contributed by atoms with Crippen molar-refractivity contribution in [2.75, 3.05) is 12.1 Å². The molecule has 6 rings (SSSR count). The molecule has 0 atom stereocenters. The topological polar surface area (TPSA) is 60.5 Å². The van der Waals surface area contributed by atoms with Crippen molar-refractivity contribution in [2.45, 2.75) is 25.7 Å². The summed E-state index contributed by atoms with van der Waals surface area (Å²) >= 11 is 3.39. The van der Waals surface area contributed by atoms with E-state index in [9.17, 15) is 4.79 Å². The van der Waals surface area contributed by atoms with Gasteiger partial charge in [-0.2, -0.15) is 0 Å². The fourth-order valence-electron chi connectivity index (χ4n) is 4.20. The van der Waals surface area contributed by atoms with Crippen LogP contribution in [-0.4, -0.2) is 17.7 Å². The highest BCUT2D eigenvalue weighted by atomic mass is 32.1. The fraction of sp³-hybridized carbons (Fsp3) is 0.200. The second kappa shape index (κ2) is 8.07. The number of amides is 1. The molecule has 0 unspecified atom stereocenters. The van der Waals surface area contributed by atoms with Crippen LogP contribution in [0.25, 0.3) is 26.9 Å². The number of hydrogen-bond donors (Lipinski definition) is 1. The highest BCUT2D eigenvalue weighted by Gasteiger charge is 2.24. The monoisotopic (exact) mass is 460 g/mol. The third kappa shape index (κ3) is 3.57. The van der Waals surface area contributed by atoms with Gasteiger partial charge in [0, 0.05) is 16.5 Å². The summed E-state index contributed by atoms with van der Waals surface area (Å²) in [4.78, 5) is 19.1. The van der Waals surface area contributed by atoms with Crippen LogP contribution < -0.4 is 14.8 Å². The molecule has 1 aliphatic heterocycles. The van der Waals surface area contributed by atoms with E-state index in [1.165, 1.54) is 28.0 Å². The smallest absolute Gasteiger partial charge is 0.249 e. The molecule has 5 nitrogen and oxygen atoms in total. The average Bonchev–Trinajstić information content (AvgIpc) is 3.52. The van der Waals surface area contributed by atoms with Gasteiger partial charge in [-0.3, -0.25) is 4.79 Å². The van der Waals surface area contributed by atoms with Gasteiger partial charge in [0.05, 0.1) is 10.2 Å². The van der Waals surface area contributed by atoms with Crippen LogP contribution >= 0.6 is 22.7 Å². The first-order chi connectivity index (χ1) is 15.7. The molecular weight excluding hydrogens is 440 g/mol. The second-order valence-corrected chi connectivity index (χ2v) is 9.97. The number of aromatic nitrogens is 1. The van der Waals surface area contributed by atoms with Crippen molar-refractivity contribution in [1.29, 1.82) is 0 Å². The Balaban J connectivity index is 1.31. The van der Waals surface area contributed by atoms with E-state index in [0.29, 0.717) is 5.75 Å². The number of ether oxygens (including phenoxy) is 2. The summed E-state index contributed by atoms with van der Waals surface area (Å²) in [5.74, 6) is 1.29. The van der Waals surface area contributed by atoms with Crippen molar-refractivity contribution in [3.63, 3.8) is 0 Å². The van der Waals surface area contributed by atoms with Gasteiger partial charge < -0.3 is 14.8 Å². The molecule has 3 heterocycles. The van der Waals surface area contributed by atoms with Gasteiger partial charge in [0.1, 0.15) is 10.0 Å². The zero-order valence-electron chi connectivity index (χ0n) is 17.2. The van der Waals surface area contributed by atoms with E-state index in [1.54, 1.807) is 34.8 Å². The summed E-state index contributed by atoms with van der Waals surface area (Å²) in [6.45, 7) is 0.237. The van der Waals surface area contributed by atoms with Crippen molar-refractivity contribution < 1.29 is 14.3 Å². The summed E-state index contributed by atoms with van der Waals surface area (Å²) < 4.78 is 11.9. The number of fused-ring (bicyclic) bond motifs is 3. The molecule has 0 radical (unpaired) electrons. The Kier molecular flexibility index (Phi) is 4.92. The lowest BCUT2D eigenvalue weighted by Gasteiger charge is -2.11. The van der Waals surface area contributed by atoms with Gasteiger partial charge in [0.15, 0.2) is 11.5 Å². The SMILES string of the molecule is O=C(/C=C/c1ccc2c(c1)OCO2)Nc1sc2c(c1-c1nc3ccccc3s1)CCCC2. The highest BCUT2D eigenvalue weighted by molar-refractivity contribution is 7.22. The van der Waals surface area contributed by atoms with Crippen LogP contribution in [0, 0.1) is 0 Å². The van der Waals surface area contributed by atoms with Crippen molar-refractivity contribution in [1.82, 2.24) is 4.98 Å². The predicted octanol–water partition coefficient (Wildman–Crippen LogP) is 6.28. The lowest BCUT2D eigenvalue weighted by atomic mass is 9.96. The van der Waals surface area contributed by atoms with Gasteiger partial charge in [-0.05, 0) is 67.2 Å². The zero-order chi connectivity index (χ0) is 21.5. The maximum absolute atomic E-state index is 12.8. The number of carbonyl (C=O) groups is 1. The minimum atomic E-state index is -0.149. The lowest BCUT2D eigenvalue weighted by Crippen LogP contribution is -2.07. The number of carbonyl (C=O) groups excluding carboxylic acids is 1. The number of aryl methyl sites for hydroxylation is 1. The largest absolute Gasteiger partial charge is 0.454 e. The molecule has 7 heteroatoms. The summed E-state index contributed by atoms with van der Waals surface area (Å²) in [6.07, 6.45) is 7.85. The Bertz CT molecular complexity index is 1340. The van der Waals surface area contributed by atoms with Crippen LogP contribution in [0.4, 0.5) is 5.00 Å². The predicted molar refractivity (Wildman–Crippen MR) is 130 cm³/mol. The lowest BCUT2D eigenvalue weighted by molar-refractivity contribution is -0.111. The first-order valence-electron chi connectivity index (χ1n) is 10.6. The van der Waals surface area contributed by atoms with E-state index < -0.39 is 0 Å². The number of nitrogens with zero attached hydrogens (tertiary/aromatic N) is 1. The maximum atomic E-state index is 12.8. The second-order valence-electron chi connectivity index (χ2n) is 7.84. The number of benzene rings is 2. The van der Waals surface area contributed by atoms with Gasteiger partial charge in [-0.15, -0.1) is 22.7 Å². The van der Waals surface area contributed by atoms with Crippen LogP contribution in [0.15, 0.2) is 48.5 Å². The number of anilines is 1. The number of rotatable bonds is 4. The molecule has 2 aromatic heterocycles. The van der Waals surface area contributed by atoms with Crippen LogP contribution in [0.5, 0.6) is 11.5 Å². The Morgan fingerprint density at radius 1 is 1.03 bits per heavy atom. The van der Waals surface area contributed by atoms with Gasteiger partial charge >= 0.3 is 0 Å². The summed E-state index contributed by atoms with van der Waals surface area (Å²) in [5.41, 5.74) is 4.36. The van der Waals surface area contributed by atoms with Gasteiger partial charge in [-0.25, -0.2) is 4.98 Å². The number of hydrogen-bond acceptors (Lipinski definition) is 6. The maximum Gasteiger partial charge on any atom is 0.249 e. The number of para-hydroxylation sites is 1. The van der Waals surface area contributed by atoms with Gasteiger partial charge in [0.2, 0.25) is 12.7 Å². The molecule has 0 bridgehead atoms. The molecule has 0 saturated carbocycles. The normalized spacial score (nSPS) is 14.8. The summed E-state index contributed by atoms with van der Waals surface area (Å²) in [7, 11) is 0. The van der Waals surface area contributed by atoms with E-state index >= 15 is 0 Å². The average molecular weight is 461 g/mol. The molecule has 1 N–H and O–H groups in total. The molecule has 1 amide bonds. The van der Waals surface area contributed by atoms with Crippen molar-refractivity contribution >= 4 is 49.9 Å². The molecule has 32 heavy (non-hydrogen) atoms. The number of thiophene rings is 1. The quantitative estimate of drug-likeness (QED) is 0.364. The van der Waals surface area contributed by atoms with Crippen LogP contribution in [0.1, 0.15) is 28.8 Å². The van der Waals surface area contributed by atoms with E-state index in [2.05, 4.69) is 11.4 Å². The molecule has 0 spiro atoms. The standard InChI is InChI=1S/C25H20N2O3S2/c28-22(12-10-15-9-11-18-19(13-15)30-14-29-18)27-25-23(16-5-1-3-7-20(16)31-25)24-26-17-6-2-4-8-21(17)32-24/h2,4,6,8-13H,1,3,5,7,14H2,(H,27,28)/b12-10+. The van der Waals surface area contributed by atoms with E-state index in [4.69, 9.17) is 14.5 Å². The van der Waals surface area contributed by atoms with E-state index in [1.807, 2.05) is 36.4 Å². The number of nitrogens with one attached hydrogen (secondary N) is 1. The highest BCUT2D eigenvalue weighted by Crippen LogP contribution is 2.46. The number of thiazole rings is 1. The Labute approximate surface area is 193 Å².